The van der Waals surface area contributed by atoms with Gasteiger partial charge in [0.15, 0.2) is 5.16 Å². The van der Waals surface area contributed by atoms with Gasteiger partial charge in [0.05, 0.1) is 0 Å². The van der Waals surface area contributed by atoms with E-state index < -0.39 is 0 Å². The smallest absolute Gasteiger partial charge is 0.226 e. The first-order valence-electron chi connectivity index (χ1n) is 8.32. The Kier molecular flexibility index (Phi) is 4.52. The first-order valence-corrected chi connectivity index (χ1v) is 9.30. The molecule has 0 spiro atoms. The predicted molar refractivity (Wildman–Crippen MR) is 91.8 cm³/mol. The van der Waals surface area contributed by atoms with Crippen molar-refractivity contribution in [2.24, 2.45) is 0 Å². The Morgan fingerprint density at radius 2 is 2.24 bits per heavy atom. The maximum absolute atomic E-state index is 13.6. The highest BCUT2D eigenvalue weighted by Gasteiger charge is 2.26. The fraction of sp³-hybridized carbons (Fsp3) is 0.412. The van der Waals surface area contributed by atoms with Crippen molar-refractivity contribution >= 4 is 11.8 Å². The van der Waals surface area contributed by atoms with E-state index in [2.05, 4.69) is 24.9 Å². The monoisotopic (exact) mass is 359 g/mol. The van der Waals surface area contributed by atoms with Gasteiger partial charge in [-0.3, -0.25) is 0 Å². The standard InChI is InChI=1S/C17H18FN5OS/c1-11-4-5-12(9-14(11)18)16-20-15(24-22-16)3-2-8-25-17-21-19-10-23(17)13-6-7-13/h4-5,9-10,13H,2-3,6-8H2,1H3. The van der Waals surface area contributed by atoms with Gasteiger partial charge in [-0.2, -0.15) is 4.98 Å². The largest absolute Gasteiger partial charge is 0.339 e. The highest BCUT2D eigenvalue weighted by Crippen LogP contribution is 2.37. The number of hydrogen-bond donors (Lipinski definition) is 0. The molecular weight excluding hydrogens is 341 g/mol. The minimum Gasteiger partial charge on any atom is -0.339 e. The second-order valence-corrected chi connectivity index (χ2v) is 7.24. The van der Waals surface area contributed by atoms with Crippen molar-refractivity contribution in [1.82, 2.24) is 24.9 Å². The van der Waals surface area contributed by atoms with Gasteiger partial charge in [-0.25, -0.2) is 4.39 Å². The Labute approximate surface area is 148 Å². The third-order valence-electron chi connectivity index (χ3n) is 4.14. The number of benzene rings is 1. The van der Waals surface area contributed by atoms with Gasteiger partial charge >= 0.3 is 0 Å². The fourth-order valence-corrected chi connectivity index (χ4v) is 3.45. The van der Waals surface area contributed by atoms with Crippen LogP contribution >= 0.6 is 11.8 Å². The molecule has 0 saturated heterocycles. The molecule has 1 aromatic carbocycles. The Balaban J connectivity index is 1.31. The van der Waals surface area contributed by atoms with Gasteiger partial charge in [0.2, 0.25) is 11.7 Å². The summed E-state index contributed by atoms with van der Waals surface area (Å²) >= 11 is 1.70. The lowest BCUT2D eigenvalue weighted by Crippen LogP contribution is -1.96. The molecule has 2 aromatic heterocycles. The first-order chi connectivity index (χ1) is 12.2. The lowest BCUT2D eigenvalue weighted by Gasteiger charge is -2.02. The number of halogens is 1. The maximum Gasteiger partial charge on any atom is 0.226 e. The highest BCUT2D eigenvalue weighted by atomic mass is 32.2. The van der Waals surface area contributed by atoms with E-state index in [4.69, 9.17) is 4.52 Å². The molecule has 1 fully saturated rings. The molecule has 2 heterocycles. The molecule has 3 aromatic rings. The molecule has 0 amide bonds. The van der Waals surface area contributed by atoms with Crippen molar-refractivity contribution in [3.05, 3.63) is 41.8 Å². The molecule has 0 bridgehead atoms. The van der Waals surface area contributed by atoms with E-state index in [1.54, 1.807) is 30.8 Å². The van der Waals surface area contributed by atoms with Crippen LogP contribution in [0, 0.1) is 12.7 Å². The van der Waals surface area contributed by atoms with E-state index >= 15 is 0 Å². The summed E-state index contributed by atoms with van der Waals surface area (Å²) < 4.78 is 21.1. The quantitative estimate of drug-likeness (QED) is 0.472. The number of aromatic nitrogens is 5. The Hall–Kier alpha value is -2.22. The molecule has 1 aliphatic carbocycles. The summed E-state index contributed by atoms with van der Waals surface area (Å²) in [7, 11) is 0. The number of nitrogens with zero attached hydrogens (tertiary/aromatic N) is 5. The van der Waals surface area contributed by atoms with Gasteiger partial charge < -0.3 is 9.09 Å². The molecule has 130 valence electrons. The summed E-state index contributed by atoms with van der Waals surface area (Å²) in [6.07, 6.45) is 5.83. The van der Waals surface area contributed by atoms with Crippen molar-refractivity contribution < 1.29 is 8.91 Å². The molecule has 25 heavy (non-hydrogen) atoms. The Morgan fingerprint density at radius 3 is 3.04 bits per heavy atom. The van der Waals surface area contributed by atoms with Crippen LogP contribution < -0.4 is 0 Å². The van der Waals surface area contributed by atoms with E-state index in [-0.39, 0.29) is 5.82 Å². The third kappa shape index (κ3) is 3.73. The number of aryl methyl sites for hydroxylation is 2. The van der Waals surface area contributed by atoms with Crippen LogP contribution in [0.3, 0.4) is 0 Å². The van der Waals surface area contributed by atoms with Gasteiger partial charge in [0, 0.05) is 23.8 Å². The zero-order valence-electron chi connectivity index (χ0n) is 13.9. The second-order valence-electron chi connectivity index (χ2n) is 6.18. The molecule has 0 aliphatic heterocycles. The van der Waals surface area contributed by atoms with Crippen LogP contribution in [0.25, 0.3) is 11.4 Å². The van der Waals surface area contributed by atoms with Crippen LogP contribution in [-0.4, -0.2) is 30.7 Å². The molecule has 1 aliphatic rings. The lowest BCUT2D eigenvalue weighted by molar-refractivity contribution is 0.378. The number of thioether (sulfide) groups is 1. The van der Waals surface area contributed by atoms with Gasteiger partial charge in [0.25, 0.3) is 0 Å². The summed E-state index contributed by atoms with van der Waals surface area (Å²) in [5, 5.41) is 13.1. The van der Waals surface area contributed by atoms with Crippen LogP contribution in [0.1, 0.15) is 36.8 Å². The van der Waals surface area contributed by atoms with E-state index in [1.165, 1.54) is 18.9 Å². The van der Waals surface area contributed by atoms with Gasteiger partial charge in [0.1, 0.15) is 12.1 Å². The Morgan fingerprint density at radius 1 is 1.36 bits per heavy atom. The van der Waals surface area contributed by atoms with Crippen molar-refractivity contribution in [3.63, 3.8) is 0 Å². The highest BCUT2D eigenvalue weighted by molar-refractivity contribution is 7.99. The molecular formula is C17H18FN5OS. The van der Waals surface area contributed by atoms with Crippen LogP contribution in [0.2, 0.25) is 0 Å². The summed E-state index contributed by atoms with van der Waals surface area (Å²) in [6.45, 7) is 1.72. The van der Waals surface area contributed by atoms with E-state index in [0.717, 1.165) is 17.3 Å². The normalized spacial score (nSPS) is 14.2. The average molecular weight is 359 g/mol. The molecule has 8 heteroatoms. The van der Waals surface area contributed by atoms with Crippen molar-refractivity contribution in [3.8, 4) is 11.4 Å². The SMILES string of the molecule is Cc1ccc(-c2noc(CCCSc3nncn3C3CC3)n2)cc1F. The fourth-order valence-electron chi connectivity index (χ4n) is 2.53. The molecule has 4 rings (SSSR count). The molecule has 0 N–H and O–H groups in total. The van der Waals surface area contributed by atoms with Gasteiger partial charge in [-0.15, -0.1) is 10.2 Å². The minimum absolute atomic E-state index is 0.264. The van der Waals surface area contributed by atoms with Gasteiger partial charge in [-0.05, 0) is 37.8 Å². The van der Waals surface area contributed by atoms with E-state index in [1.807, 2.05) is 6.33 Å². The molecule has 0 radical (unpaired) electrons. The first kappa shape index (κ1) is 16.3. The predicted octanol–water partition coefficient (Wildman–Crippen LogP) is 3.84. The molecule has 1 saturated carbocycles. The lowest BCUT2D eigenvalue weighted by atomic mass is 10.1. The molecule has 0 unspecified atom stereocenters. The van der Waals surface area contributed by atoms with Crippen molar-refractivity contribution in [2.45, 2.75) is 43.8 Å². The Bertz CT molecular complexity index is 874. The molecule has 6 nitrogen and oxygen atoms in total. The summed E-state index contributed by atoms with van der Waals surface area (Å²) in [5.41, 5.74) is 1.23. The zero-order valence-corrected chi connectivity index (χ0v) is 14.7. The summed E-state index contributed by atoms with van der Waals surface area (Å²) in [5.74, 6) is 1.64. The van der Waals surface area contributed by atoms with E-state index in [9.17, 15) is 4.39 Å². The molecule has 0 atom stereocenters. The summed E-state index contributed by atoms with van der Waals surface area (Å²) in [4.78, 5) is 4.35. The maximum atomic E-state index is 13.6. The van der Waals surface area contributed by atoms with Crippen LogP contribution in [0.15, 0.2) is 34.2 Å². The third-order valence-corrected chi connectivity index (χ3v) is 5.19. The number of rotatable bonds is 7. The van der Waals surface area contributed by atoms with E-state index in [0.29, 0.717) is 35.3 Å². The minimum atomic E-state index is -0.264. The van der Waals surface area contributed by atoms with Crippen LogP contribution in [0.5, 0.6) is 0 Å². The van der Waals surface area contributed by atoms with Crippen LogP contribution in [0.4, 0.5) is 4.39 Å². The van der Waals surface area contributed by atoms with Crippen molar-refractivity contribution in [2.75, 3.05) is 5.75 Å². The van der Waals surface area contributed by atoms with Crippen molar-refractivity contribution in [1.29, 1.82) is 0 Å². The average Bonchev–Trinajstić information content (AvgIpc) is 3.16. The summed E-state index contributed by atoms with van der Waals surface area (Å²) in [6, 6.07) is 5.54. The second kappa shape index (κ2) is 6.95. The number of hydrogen-bond acceptors (Lipinski definition) is 6. The topological polar surface area (TPSA) is 69.6 Å². The van der Waals surface area contributed by atoms with Gasteiger partial charge in [-0.1, -0.05) is 29.1 Å². The zero-order chi connectivity index (χ0) is 17.2. The van der Waals surface area contributed by atoms with Crippen LogP contribution in [-0.2, 0) is 6.42 Å².